The SMILES string of the molecule is CCCc1cccc(C(C)=NNc2nc(C)cc(C)n2)c1. The van der Waals surface area contributed by atoms with E-state index in [0.717, 1.165) is 35.5 Å². The summed E-state index contributed by atoms with van der Waals surface area (Å²) in [4.78, 5) is 8.63. The molecule has 1 aromatic heterocycles. The van der Waals surface area contributed by atoms with Gasteiger partial charge in [0.25, 0.3) is 0 Å². The molecule has 0 saturated heterocycles. The number of hydrogen-bond acceptors (Lipinski definition) is 4. The van der Waals surface area contributed by atoms with Crippen molar-refractivity contribution in [1.29, 1.82) is 0 Å². The van der Waals surface area contributed by atoms with Gasteiger partial charge in [-0.3, -0.25) is 0 Å². The maximum Gasteiger partial charge on any atom is 0.243 e. The molecule has 4 nitrogen and oxygen atoms in total. The smallest absolute Gasteiger partial charge is 0.243 e. The molecule has 2 rings (SSSR count). The van der Waals surface area contributed by atoms with E-state index in [1.165, 1.54) is 5.56 Å². The summed E-state index contributed by atoms with van der Waals surface area (Å²) in [5, 5.41) is 4.39. The molecule has 0 aliphatic carbocycles. The van der Waals surface area contributed by atoms with Crippen molar-refractivity contribution < 1.29 is 0 Å². The zero-order valence-electron chi connectivity index (χ0n) is 13.1. The highest BCUT2D eigenvalue weighted by molar-refractivity contribution is 5.99. The summed E-state index contributed by atoms with van der Waals surface area (Å²) in [6, 6.07) is 10.4. The summed E-state index contributed by atoms with van der Waals surface area (Å²) in [6.45, 7) is 8.07. The summed E-state index contributed by atoms with van der Waals surface area (Å²) in [6.07, 6.45) is 2.24. The molecule has 0 radical (unpaired) electrons. The average molecular weight is 282 g/mol. The fourth-order valence-electron chi connectivity index (χ4n) is 2.21. The number of nitrogens with zero attached hydrogens (tertiary/aromatic N) is 3. The van der Waals surface area contributed by atoms with Crippen LogP contribution >= 0.6 is 0 Å². The quantitative estimate of drug-likeness (QED) is 0.668. The minimum Gasteiger partial charge on any atom is -0.245 e. The molecule has 1 aromatic carbocycles. The second-order valence-corrected chi connectivity index (χ2v) is 5.23. The minimum atomic E-state index is 0.538. The van der Waals surface area contributed by atoms with E-state index in [9.17, 15) is 0 Å². The van der Waals surface area contributed by atoms with Gasteiger partial charge in [0.1, 0.15) is 0 Å². The van der Waals surface area contributed by atoms with Crippen LogP contribution in [0, 0.1) is 13.8 Å². The Balaban J connectivity index is 2.15. The lowest BCUT2D eigenvalue weighted by molar-refractivity contribution is 0.921. The Morgan fingerprint density at radius 2 is 1.86 bits per heavy atom. The molecule has 21 heavy (non-hydrogen) atoms. The summed E-state index contributed by atoms with van der Waals surface area (Å²) in [5.41, 5.74) is 8.20. The Labute approximate surface area is 126 Å². The molecule has 0 spiro atoms. The maximum atomic E-state index is 4.39. The second kappa shape index (κ2) is 6.97. The van der Waals surface area contributed by atoms with E-state index < -0.39 is 0 Å². The standard InChI is InChI=1S/C17H22N4/c1-5-7-15-8-6-9-16(11-15)14(4)20-21-17-18-12(2)10-13(3)19-17/h6,8-11H,5,7H2,1-4H3,(H,18,19,21). The van der Waals surface area contributed by atoms with E-state index in [1.807, 2.05) is 26.8 Å². The molecule has 0 aliphatic rings. The van der Waals surface area contributed by atoms with Crippen molar-refractivity contribution in [2.45, 2.75) is 40.5 Å². The fourth-order valence-corrected chi connectivity index (χ4v) is 2.21. The van der Waals surface area contributed by atoms with Crippen molar-refractivity contribution in [3.05, 3.63) is 52.8 Å². The first-order valence-electron chi connectivity index (χ1n) is 7.30. The number of nitrogens with one attached hydrogen (secondary N) is 1. The molecular formula is C17H22N4. The Hall–Kier alpha value is -2.23. The molecule has 0 aliphatic heterocycles. The fraction of sp³-hybridized carbons (Fsp3) is 0.353. The van der Waals surface area contributed by atoms with Crippen LogP contribution in [-0.2, 0) is 6.42 Å². The van der Waals surface area contributed by atoms with Gasteiger partial charge in [-0.2, -0.15) is 5.10 Å². The Morgan fingerprint density at radius 1 is 1.14 bits per heavy atom. The van der Waals surface area contributed by atoms with Gasteiger partial charge in [0.05, 0.1) is 5.71 Å². The van der Waals surface area contributed by atoms with Crippen LogP contribution in [0.2, 0.25) is 0 Å². The summed E-state index contributed by atoms with van der Waals surface area (Å²) >= 11 is 0. The van der Waals surface area contributed by atoms with Gasteiger partial charge in [-0.25, -0.2) is 15.4 Å². The summed E-state index contributed by atoms with van der Waals surface area (Å²) in [7, 11) is 0. The van der Waals surface area contributed by atoms with Crippen LogP contribution in [0.25, 0.3) is 0 Å². The van der Waals surface area contributed by atoms with Gasteiger partial charge in [-0.15, -0.1) is 0 Å². The number of hydrazone groups is 1. The zero-order chi connectivity index (χ0) is 15.2. The van der Waals surface area contributed by atoms with E-state index in [2.05, 4.69) is 51.7 Å². The third-order valence-corrected chi connectivity index (χ3v) is 3.19. The van der Waals surface area contributed by atoms with Gasteiger partial charge in [0.2, 0.25) is 5.95 Å². The van der Waals surface area contributed by atoms with Crippen molar-refractivity contribution in [1.82, 2.24) is 9.97 Å². The van der Waals surface area contributed by atoms with Gasteiger partial charge >= 0.3 is 0 Å². The average Bonchev–Trinajstić information content (AvgIpc) is 2.44. The second-order valence-electron chi connectivity index (χ2n) is 5.23. The topological polar surface area (TPSA) is 50.2 Å². The van der Waals surface area contributed by atoms with E-state index in [1.54, 1.807) is 0 Å². The van der Waals surface area contributed by atoms with Crippen molar-refractivity contribution in [3.63, 3.8) is 0 Å². The molecule has 1 heterocycles. The van der Waals surface area contributed by atoms with Crippen LogP contribution in [0.3, 0.4) is 0 Å². The van der Waals surface area contributed by atoms with Gasteiger partial charge in [0.15, 0.2) is 0 Å². The number of benzene rings is 1. The first kappa shape index (κ1) is 15.2. The predicted molar refractivity (Wildman–Crippen MR) is 87.8 cm³/mol. The van der Waals surface area contributed by atoms with E-state index in [0.29, 0.717) is 5.95 Å². The molecule has 4 heteroatoms. The lowest BCUT2D eigenvalue weighted by Crippen LogP contribution is -2.04. The van der Waals surface area contributed by atoms with Crippen molar-refractivity contribution in [2.24, 2.45) is 5.10 Å². The van der Waals surface area contributed by atoms with Crippen LogP contribution in [0.5, 0.6) is 0 Å². The molecule has 110 valence electrons. The van der Waals surface area contributed by atoms with Crippen LogP contribution in [0.4, 0.5) is 5.95 Å². The van der Waals surface area contributed by atoms with Gasteiger partial charge < -0.3 is 0 Å². The van der Waals surface area contributed by atoms with Crippen molar-refractivity contribution in [2.75, 3.05) is 5.43 Å². The Bertz CT molecular complexity index is 627. The number of rotatable bonds is 5. The van der Waals surface area contributed by atoms with Crippen LogP contribution in [0.15, 0.2) is 35.4 Å². The number of anilines is 1. The molecule has 0 unspecified atom stereocenters. The van der Waals surface area contributed by atoms with Crippen LogP contribution < -0.4 is 5.43 Å². The Kier molecular flexibility index (Phi) is 5.04. The molecule has 0 saturated carbocycles. The van der Waals surface area contributed by atoms with E-state index in [-0.39, 0.29) is 0 Å². The molecule has 2 aromatic rings. The monoisotopic (exact) mass is 282 g/mol. The van der Waals surface area contributed by atoms with Crippen molar-refractivity contribution >= 4 is 11.7 Å². The highest BCUT2D eigenvalue weighted by atomic mass is 15.4. The molecular weight excluding hydrogens is 260 g/mol. The summed E-state index contributed by atoms with van der Waals surface area (Å²) < 4.78 is 0. The van der Waals surface area contributed by atoms with Gasteiger partial charge in [0, 0.05) is 11.4 Å². The number of aromatic nitrogens is 2. The van der Waals surface area contributed by atoms with Gasteiger partial charge in [-0.1, -0.05) is 31.5 Å². The third-order valence-electron chi connectivity index (χ3n) is 3.19. The predicted octanol–water partition coefficient (Wildman–Crippen LogP) is 3.88. The van der Waals surface area contributed by atoms with Crippen molar-refractivity contribution in [3.8, 4) is 0 Å². The zero-order valence-corrected chi connectivity index (χ0v) is 13.1. The molecule has 0 amide bonds. The third kappa shape index (κ3) is 4.38. The minimum absolute atomic E-state index is 0.538. The highest BCUT2D eigenvalue weighted by Gasteiger charge is 2.01. The largest absolute Gasteiger partial charge is 0.245 e. The lowest BCUT2D eigenvalue weighted by atomic mass is 10.0. The maximum absolute atomic E-state index is 4.39. The first-order chi connectivity index (χ1) is 10.1. The molecule has 0 fully saturated rings. The number of aryl methyl sites for hydroxylation is 3. The normalized spacial score (nSPS) is 11.5. The summed E-state index contributed by atoms with van der Waals surface area (Å²) in [5.74, 6) is 0.538. The number of hydrogen-bond donors (Lipinski definition) is 1. The Morgan fingerprint density at radius 3 is 2.52 bits per heavy atom. The molecule has 0 atom stereocenters. The van der Waals surface area contributed by atoms with Gasteiger partial charge in [-0.05, 0) is 50.5 Å². The van der Waals surface area contributed by atoms with E-state index >= 15 is 0 Å². The van der Waals surface area contributed by atoms with Crippen LogP contribution in [0.1, 0.15) is 42.8 Å². The highest BCUT2D eigenvalue weighted by Crippen LogP contribution is 2.10. The van der Waals surface area contributed by atoms with E-state index in [4.69, 9.17) is 0 Å². The van der Waals surface area contributed by atoms with Crippen LogP contribution in [-0.4, -0.2) is 15.7 Å². The lowest BCUT2D eigenvalue weighted by Gasteiger charge is -2.06. The molecule has 0 bridgehead atoms. The first-order valence-corrected chi connectivity index (χ1v) is 7.30. The molecule has 1 N–H and O–H groups in total.